The van der Waals surface area contributed by atoms with E-state index in [1.54, 1.807) is 19.1 Å². The number of ether oxygens (including phenoxy) is 1. The fraction of sp³-hybridized carbons (Fsp3) is 0.156. The van der Waals surface area contributed by atoms with E-state index in [1.807, 2.05) is 12.1 Å². The average molecular weight is 447 g/mol. The molecule has 0 N–H and O–H groups in total. The van der Waals surface area contributed by atoms with E-state index in [1.165, 1.54) is 27.8 Å². The second-order valence-electron chi connectivity index (χ2n) is 8.78. The van der Waals surface area contributed by atoms with Crippen molar-refractivity contribution in [2.45, 2.75) is 33.1 Å². The summed E-state index contributed by atoms with van der Waals surface area (Å²) in [6.45, 7) is 9.74. The van der Waals surface area contributed by atoms with E-state index in [0.29, 0.717) is 17.2 Å². The first kappa shape index (κ1) is 23.3. The van der Waals surface area contributed by atoms with Crippen molar-refractivity contribution < 1.29 is 9.53 Å². The summed E-state index contributed by atoms with van der Waals surface area (Å²) in [5, 5.41) is 0. The zero-order valence-electron chi connectivity index (χ0n) is 20.0. The summed E-state index contributed by atoms with van der Waals surface area (Å²) in [7, 11) is 0. The van der Waals surface area contributed by atoms with Crippen molar-refractivity contribution in [1.29, 1.82) is 0 Å². The van der Waals surface area contributed by atoms with Crippen LogP contribution < -0.4 is 4.74 Å². The number of carbonyl (C=O) groups is 1. The minimum absolute atomic E-state index is 0.382. The van der Waals surface area contributed by atoms with E-state index >= 15 is 0 Å². The van der Waals surface area contributed by atoms with Gasteiger partial charge in [-0.15, -0.1) is 0 Å². The van der Waals surface area contributed by atoms with Gasteiger partial charge in [0.15, 0.2) is 0 Å². The SMILES string of the molecule is C=C(C)C(=O)Oc1ccc(-c2ccc(-c3ccc(-c4ccc(C(C)CC)cc4)cc3)cc2)cc1. The second-order valence-corrected chi connectivity index (χ2v) is 8.78. The molecule has 0 radical (unpaired) electrons. The Kier molecular flexibility index (Phi) is 7.08. The van der Waals surface area contributed by atoms with Crippen LogP contribution in [0, 0.1) is 0 Å². The zero-order chi connectivity index (χ0) is 24.1. The molecule has 0 aliphatic carbocycles. The molecule has 34 heavy (non-hydrogen) atoms. The van der Waals surface area contributed by atoms with E-state index < -0.39 is 5.97 Å². The molecule has 0 spiro atoms. The van der Waals surface area contributed by atoms with Gasteiger partial charge in [0.1, 0.15) is 5.75 Å². The van der Waals surface area contributed by atoms with E-state index in [-0.39, 0.29) is 0 Å². The molecule has 2 nitrogen and oxygen atoms in total. The van der Waals surface area contributed by atoms with E-state index in [0.717, 1.165) is 17.5 Å². The highest BCUT2D eigenvalue weighted by molar-refractivity contribution is 5.88. The van der Waals surface area contributed by atoms with Crippen LogP contribution in [0.25, 0.3) is 33.4 Å². The summed E-state index contributed by atoms with van der Waals surface area (Å²) in [5.41, 5.74) is 8.79. The highest BCUT2D eigenvalue weighted by Crippen LogP contribution is 2.29. The van der Waals surface area contributed by atoms with Crippen LogP contribution in [-0.4, -0.2) is 5.97 Å². The van der Waals surface area contributed by atoms with Gasteiger partial charge in [0, 0.05) is 5.57 Å². The van der Waals surface area contributed by atoms with Crippen molar-refractivity contribution in [3.63, 3.8) is 0 Å². The van der Waals surface area contributed by atoms with Crippen LogP contribution in [0.4, 0.5) is 0 Å². The van der Waals surface area contributed by atoms with Gasteiger partial charge >= 0.3 is 5.97 Å². The molecule has 0 aliphatic rings. The summed E-state index contributed by atoms with van der Waals surface area (Å²) in [6.07, 6.45) is 1.16. The largest absolute Gasteiger partial charge is 0.423 e. The van der Waals surface area contributed by atoms with Crippen molar-refractivity contribution in [2.75, 3.05) is 0 Å². The summed E-state index contributed by atoms with van der Waals surface area (Å²) < 4.78 is 5.27. The van der Waals surface area contributed by atoms with Gasteiger partial charge in [-0.2, -0.15) is 0 Å². The topological polar surface area (TPSA) is 26.3 Å². The molecule has 0 saturated heterocycles. The van der Waals surface area contributed by atoms with Crippen molar-refractivity contribution >= 4 is 5.97 Å². The predicted octanol–water partition coefficient (Wildman–Crippen LogP) is 8.68. The third-order valence-electron chi connectivity index (χ3n) is 6.28. The Balaban J connectivity index is 1.45. The Bertz CT molecular complexity index is 1260. The molecule has 0 aliphatic heterocycles. The van der Waals surface area contributed by atoms with Crippen LogP contribution in [0.2, 0.25) is 0 Å². The Morgan fingerprint density at radius 3 is 1.32 bits per heavy atom. The molecule has 170 valence electrons. The number of hydrogen-bond acceptors (Lipinski definition) is 2. The molecule has 0 aromatic heterocycles. The molecule has 0 bridgehead atoms. The van der Waals surface area contributed by atoms with Gasteiger partial charge in [0.05, 0.1) is 0 Å². The fourth-order valence-corrected chi connectivity index (χ4v) is 3.86. The maximum atomic E-state index is 11.7. The fourth-order valence-electron chi connectivity index (χ4n) is 3.86. The average Bonchev–Trinajstić information content (AvgIpc) is 2.89. The first-order valence-electron chi connectivity index (χ1n) is 11.7. The van der Waals surface area contributed by atoms with Gasteiger partial charge in [-0.05, 0) is 70.3 Å². The third-order valence-corrected chi connectivity index (χ3v) is 6.28. The molecule has 0 heterocycles. The molecule has 2 heteroatoms. The van der Waals surface area contributed by atoms with E-state index in [4.69, 9.17) is 4.74 Å². The van der Waals surface area contributed by atoms with Crippen LogP contribution in [-0.2, 0) is 4.79 Å². The van der Waals surface area contributed by atoms with Crippen molar-refractivity contribution in [3.8, 4) is 39.1 Å². The van der Waals surface area contributed by atoms with Gasteiger partial charge in [0.2, 0.25) is 0 Å². The normalized spacial score (nSPS) is 11.6. The molecule has 0 amide bonds. The zero-order valence-corrected chi connectivity index (χ0v) is 20.0. The van der Waals surface area contributed by atoms with Crippen LogP contribution in [0.5, 0.6) is 5.75 Å². The minimum atomic E-state index is -0.411. The molecule has 0 saturated carbocycles. The van der Waals surface area contributed by atoms with Crippen LogP contribution in [0.15, 0.2) is 109 Å². The lowest BCUT2D eigenvalue weighted by Gasteiger charge is -2.10. The lowest BCUT2D eigenvalue weighted by Crippen LogP contribution is -2.07. The molecular weight excluding hydrogens is 416 g/mol. The monoisotopic (exact) mass is 446 g/mol. The molecule has 4 aromatic carbocycles. The first-order chi connectivity index (χ1) is 16.4. The van der Waals surface area contributed by atoms with Gasteiger partial charge < -0.3 is 4.74 Å². The third kappa shape index (κ3) is 5.35. The highest BCUT2D eigenvalue weighted by Gasteiger charge is 2.07. The smallest absolute Gasteiger partial charge is 0.338 e. The lowest BCUT2D eigenvalue weighted by atomic mass is 9.95. The van der Waals surface area contributed by atoms with E-state index in [9.17, 15) is 4.79 Å². The highest BCUT2D eigenvalue weighted by atomic mass is 16.5. The Hall–Kier alpha value is -3.91. The molecule has 4 rings (SSSR count). The number of rotatable bonds is 7. The van der Waals surface area contributed by atoms with Gasteiger partial charge in [-0.25, -0.2) is 4.79 Å². The Morgan fingerprint density at radius 1 is 0.676 bits per heavy atom. The van der Waals surface area contributed by atoms with E-state index in [2.05, 4.69) is 93.2 Å². The van der Waals surface area contributed by atoms with Gasteiger partial charge in [-0.1, -0.05) is 105 Å². The van der Waals surface area contributed by atoms with Crippen LogP contribution in [0.3, 0.4) is 0 Å². The molecule has 4 aromatic rings. The summed E-state index contributed by atoms with van der Waals surface area (Å²) >= 11 is 0. The number of hydrogen-bond donors (Lipinski definition) is 0. The Labute approximate surface area is 202 Å². The van der Waals surface area contributed by atoms with Gasteiger partial charge in [0.25, 0.3) is 0 Å². The maximum Gasteiger partial charge on any atom is 0.338 e. The molecule has 1 atom stereocenters. The standard InChI is InChI=1S/C32H30O2/c1-5-23(4)24-6-8-25(9-7-24)26-10-12-27(13-11-26)28-14-16-29(17-15-28)30-18-20-31(21-19-30)34-32(33)22(2)3/h6-21,23H,2,5H2,1,3-4H3. The number of esters is 1. The molecule has 1 unspecified atom stereocenters. The quantitative estimate of drug-likeness (QED) is 0.161. The van der Waals surface area contributed by atoms with Crippen molar-refractivity contribution in [1.82, 2.24) is 0 Å². The molecular formula is C32H30O2. The Morgan fingerprint density at radius 2 is 1.00 bits per heavy atom. The maximum absolute atomic E-state index is 11.7. The van der Waals surface area contributed by atoms with Gasteiger partial charge in [-0.3, -0.25) is 0 Å². The molecule has 0 fully saturated rings. The lowest BCUT2D eigenvalue weighted by molar-refractivity contribution is -0.130. The number of carbonyl (C=O) groups excluding carboxylic acids is 1. The summed E-state index contributed by atoms with van der Waals surface area (Å²) in [6, 6.07) is 33.7. The van der Waals surface area contributed by atoms with Crippen molar-refractivity contribution in [3.05, 3.63) is 115 Å². The minimum Gasteiger partial charge on any atom is -0.423 e. The summed E-state index contributed by atoms with van der Waals surface area (Å²) in [5.74, 6) is 0.700. The van der Waals surface area contributed by atoms with Crippen LogP contribution >= 0.6 is 0 Å². The van der Waals surface area contributed by atoms with Crippen molar-refractivity contribution in [2.24, 2.45) is 0 Å². The summed E-state index contributed by atoms with van der Waals surface area (Å²) in [4.78, 5) is 11.7. The first-order valence-corrected chi connectivity index (χ1v) is 11.7. The second kappa shape index (κ2) is 10.4. The number of benzene rings is 4. The van der Waals surface area contributed by atoms with Crippen LogP contribution in [0.1, 0.15) is 38.7 Å². The predicted molar refractivity (Wildman–Crippen MR) is 142 cm³/mol.